The number of hydrogen-bond donors (Lipinski definition) is 0. The number of aryl methyl sites for hydroxylation is 1. The van der Waals surface area contributed by atoms with Crippen LogP contribution in [0.2, 0.25) is 0 Å². The number of aromatic nitrogens is 1. The van der Waals surface area contributed by atoms with E-state index in [1.807, 2.05) is 27.7 Å². The predicted octanol–water partition coefficient (Wildman–Crippen LogP) is 3.35. The smallest absolute Gasteiger partial charge is 0.358 e. The second-order valence-electron chi connectivity index (χ2n) is 1.95. The van der Waals surface area contributed by atoms with Crippen molar-refractivity contribution >= 4 is 5.82 Å². The van der Waals surface area contributed by atoms with Gasteiger partial charge in [0.05, 0.1) is 0 Å². The van der Waals surface area contributed by atoms with Crippen molar-refractivity contribution in [1.29, 1.82) is 0 Å². The molecule has 1 heterocycles. The van der Waals surface area contributed by atoms with Gasteiger partial charge in [0.1, 0.15) is 6.20 Å². The van der Waals surface area contributed by atoms with Gasteiger partial charge in [-0.05, 0) is 28.5 Å². The van der Waals surface area contributed by atoms with E-state index in [1.165, 1.54) is 12.3 Å². The van der Waals surface area contributed by atoms with Crippen LogP contribution in [0.4, 0.5) is 5.82 Å². The first-order valence-corrected chi connectivity index (χ1v) is 4.77. The van der Waals surface area contributed by atoms with Gasteiger partial charge in [-0.25, -0.2) is 0 Å². The van der Waals surface area contributed by atoms with Crippen LogP contribution in [-0.4, -0.2) is 9.91 Å². The van der Waals surface area contributed by atoms with E-state index < -0.39 is 4.92 Å². The number of hydrogen-bond acceptors (Lipinski definition) is 3. The van der Waals surface area contributed by atoms with E-state index in [0.717, 1.165) is 5.56 Å². The molecule has 1 aromatic rings. The van der Waals surface area contributed by atoms with Crippen LogP contribution in [0.5, 0.6) is 0 Å². The van der Waals surface area contributed by atoms with Crippen LogP contribution in [0, 0.1) is 17.0 Å². The molecule has 0 N–H and O–H groups in total. The van der Waals surface area contributed by atoms with Crippen LogP contribution in [-0.2, 0) is 0 Å². The fourth-order valence-electron chi connectivity index (χ4n) is 0.620. The van der Waals surface area contributed by atoms with Crippen molar-refractivity contribution in [2.75, 3.05) is 0 Å². The number of nitro groups is 1. The highest BCUT2D eigenvalue weighted by Crippen LogP contribution is 2.06. The molecular formula is C10H18N2O2. The summed E-state index contributed by atoms with van der Waals surface area (Å²) in [4.78, 5) is 13.1. The van der Waals surface area contributed by atoms with Crippen LogP contribution in [0.15, 0.2) is 18.3 Å². The van der Waals surface area contributed by atoms with Gasteiger partial charge in [-0.3, -0.25) is 0 Å². The minimum absolute atomic E-state index is 0.0972. The van der Waals surface area contributed by atoms with E-state index in [4.69, 9.17) is 0 Å². The Labute approximate surface area is 85.1 Å². The van der Waals surface area contributed by atoms with E-state index in [-0.39, 0.29) is 5.82 Å². The molecule has 0 bridgehead atoms. The van der Waals surface area contributed by atoms with Crippen LogP contribution >= 0.6 is 0 Å². The first-order valence-electron chi connectivity index (χ1n) is 4.77. The monoisotopic (exact) mass is 198 g/mol. The molecule has 0 aromatic carbocycles. The molecule has 0 fully saturated rings. The van der Waals surface area contributed by atoms with Gasteiger partial charge in [0.2, 0.25) is 0 Å². The summed E-state index contributed by atoms with van der Waals surface area (Å²) in [6, 6.07) is 3.15. The molecule has 1 aromatic heterocycles. The Morgan fingerprint density at radius 3 is 2.07 bits per heavy atom. The van der Waals surface area contributed by atoms with Gasteiger partial charge in [-0.1, -0.05) is 27.7 Å². The third-order valence-electron chi connectivity index (χ3n) is 1.09. The Morgan fingerprint density at radius 2 is 1.79 bits per heavy atom. The van der Waals surface area contributed by atoms with Crippen LogP contribution < -0.4 is 0 Å². The summed E-state index contributed by atoms with van der Waals surface area (Å²) in [6.45, 7) is 9.79. The highest BCUT2D eigenvalue weighted by molar-refractivity contribution is 5.23. The average Bonchev–Trinajstić information content (AvgIpc) is 2.24. The molecule has 80 valence electrons. The maximum Gasteiger partial charge on any atom is 0.363 e. The van der Waals surface area contributed by atoms with Crippen molar-refractivity contribution in [2.45, 2.75) is 34.6 Å². The van der Waals surface area contributed by atoms with Crippen LogP contribution in [0.3, 0.4) is 0 Å². The SMILES string of the molecule is CC.CC.Cc1ccnc([N+](=O)[O-])c1. The molecule has 1 rings (SSSR count). The Kier molecular flexibility index (Phi) is 10.4. The van der Waals surface area contributed by atoms with Crippen molar-refractivity contribution in [2.24, 2.45) is 0 Å². The second kappa shape index (κ2) is 9.64. The van der Waals surface area contributed by atoms with Crippen molar-refractivity contribution in [3.63, 3.8) is 0 Å². The Balaban J connectivity index is 0. The third-order valence-corrected chi connectivity index (χ3v) is 1.09. The topological polar surface area (TPSA) is 56.0 Å². The van der Waals surface area contributed by atoms with Crippen molar-refractivity contribution in [3.8, 4) is 0 Å². The van der Waals surface area contributed by atoms with Crippen LogP contribution in [0.25, 0.3) is 0 Å². The van der Waals surface area contributed by atoms with Crippen molar-refractivity contribution in [1.82, 2.24) is 4.98 Å². The molecule has 0 aliphatic rings. The summed E-state index contributed by atoms with van der Waals surface area (Å²) in [7, 11) is 0. The Morgan fingerprint density at radius 1 is 1.29 bits per heavy atom. The third kappa shape index (κ3) is 6.11. The lowest BCUT2D eigenvalue weighted by atomic mass is 10.3. The number of rotatable bonds is 1. The lowest BCUT2D eigenvalue weighted by molar-refractivity contribution is -0.389. The maximum atomic E-state index is 10.1. The summed E-state index contributed by atoms with van der Waals surface area (Å²) < 4.78 is 0. The lowest BCUT2D eigenvalue weighted by Gasteiger charge is -1.90. The quantitative estimate of drug-likeness (QED) is 0.513. The standard InChI is InChI=1S/C6H6N2O2.2C2H6/c1-5-2-3-7-6(4-5)8(9)10;2*1-2/h2-4H,1H3;2*1-2H3. The molecule has 14 heavy (non-hydrogen) atoms. The summed E-state index contributed by atoms with van der Waals surface area (Å²) in [5, 5.41) is 10.1. The highest BCUT2D eigenvalue weighted by atomic mass is 16.6. The van der Waals surface area contributed by atoms with Gasteiger partial charge in [0.15, 0.2) is 0 Å². The molecule has 0 spiro atoms. The van der Waals surface area contributed by atoms with Gasteiger partial charge in [-0.2, -0.15) is 0 Å². The minimum Gasteiger partial charge on any atom is -0.358 e. The maximum absolute atomic E-state index is 10.1. The zero-order chi connectivity index (χ0) is 11.6. The van der Waals surface area contributed by atoms with Crippen molar-refractivity contribution < 1.29 is 4.92 Å². The van der Waals surface area contributed by atoms with E-state index in [2.05, 4.69) is 4.98 Å². The lowest BCUT2D eigenvalue weighted by Crippen LogP contribution is -1.90. The minimum atomic E-state index is -0.507. The normalized spacial score (nSPS) is 7.50. The van der Waals surface area contributed by atoms with Gasteiger partial charge >= 0.3 is 5.82 Å². The van der Waals surface area contributed by atoms with E-state index in [9.17, 15) is 10.1 Å². The highest BCUT2D eigenvalue weighted by Gasteiger charge is 2.03. The Hall–Kier alpha value is -1.45. The first kappa shape index (κ1) is 15.0. The fraction of sp³-hybridized carbons (Fsp3) is 0.500. The van der Waals surface area contributed by atoms with Crippen molar-refractivity contribution in [3.05, 3.63) is 34.0 Å². The average molecular weight is 198 g/mol. The molecule has 4 heteroatoms. The molecule has 0 atom stereocenters. The first-order chi connectivity index (χ1) is 6.70. The molecule has 0 radical (unpaired) electrons. The molecule has 0 aliphatic heterocycles. The molecule has 0 amide bonds. The molecule has 0 unspecified atom stereocenters. The summed E-state index contributed by atoms with van der Waals surface area (Å²) in [5.74, 6) is -0.0972. The number of nitrogens with zero attached hydrogens (tertiary/aromatic N) is 2. The largest absolute Gasteiger partial charge is 0.363 e. The van der Waals surface area contributed by atoms with E-state index in [0.29, 0.717) is 0 Å². The fourth-order valence-corrected chi connectivity index (χ4v) is 0.620. The molecule has 0 aliphatic carbocycles. The summed E-state index contributed by atoms with van der Waals surface area (Å²) in [5.41, 5.74) is 0.849. The van der Waals surface area contributed by atoms with Gasteiger partial charge < -0.3 is 10.1 Å². The van der Waals surface area contributed by atoms with E-state index in [1.54, 1.807) is 13.0 Å². The molecule has 0 saturated carbocycles. The number of pyridine rings is 1. The summed E-state index contributed by atoms with van der Waals surface area (Å²) >= 11 is 0. The molecule has 0 saturated heterocycles. The van der Waals surface area contributed by atoms with Gasteiger partial charge in [0, 0.05) is 6.07 Å². The zero-order valence-electron chi connectivity index (χ0n) is 9.44. The van der Waals surface area contributed by atoms with Crippen LogP contribution in [0.1, 0.15) is 33.3 Å². The Bertz CT molecular complexity index is 262. The van der Waals surface area contributed by atoms with Gasteiger partial charge in [-0.15, -0.1) is 0 Å². The molecular weight excluding hydrogens is 180 g/mol. The summed E-state index contributed by atoms with van der Waals surface area (Å²) in [6.07, 6.45) is 1.42. The zero-order valence-corrected chi connectivity index (χ0v) is 9.44. The predicted molar refractivity (Wildman–Crippen MR) is 58.3 cm³/mol. The van der Waals surface area contributed by atoms with E-state index >= 15 is 0 Å². The van der Waals surface area contributed by atoms with Gasteiger partial charge in [0.25, 0.3) is 0 Å². The second-order valence-corrected chi connectivity index (χ2v) is 1.95. The molecule has 4 nitrogen and oxygen atoms in total.